The number of fused-ring (bicyclic) bond motifs is 9. The van der Waals surface area contributed by atoms with E-state index in [0.29, 0.717) is 0 Å². The highest BCUT2D eigenvalue weighted by Crippen LogP contribution is 2.49. The van der Waals surface area contributed by atoms with Crippen LogP contribution in [0, 0.1) is 0 Å². The molecule has 2 unspecified atom stereocenters. The molecule has 3 nitrogen and oxygen atoms in total. The van der Waals surface area contributed by atoms with Gasteiger partial charge in [0.15, 0.2) is 0 Å². The van der Waals surface area contributed by atoms with Crippen molar-refractivity contribution in [3.8, 4) is 16.8 Å². The Morgan fingerprint density at radius 2 is 1.22 bits per heavy atom. The summed E-state index contributed by atoms with van der Waals surface area (Å²) in [5.41, 5.74) is 11.8. The maximum Gasteiger partial charge on any atom is 0.135 e. The number of allylic oxidation sites excluding steroid dienone is 2. The molecular weight excluding hydrogens is 548 g/mol. The summed E-state index contributed by atoms with van der Waals surface area (Å²) in [6, 6.07) is 48.5. The van der Waals surface area contributed by atoms with Crippen molar-refractivity contribution >= 4 is 55.1 Å². The molecule has 0 saturated carbocycles. The van der Waals surface area contributed by atoms with Crippen LogP contribution in [0.1, 0.15) is 11.5 Å². The van der Waals surface area contributed by atoms with Crippen LogP contribution in [0.3, 0.4) is 0 Å². The van der Waals surface area contributed by atoms with Crippen LogP contribution in [0.15, 0.2) is 162 Å². The number of hydrogen-bond acceptors (Lipinski definition) is 2. The van der Waals surface area contributed by atoms with Crippen LogP contribution in [0.25, 0.3) is 60.6 Å². The van der Waals surface area contributed by atoms with Crippen LogP contribution >= 0.6 is 0 Å². The molecule has 8 aromatic rings. The average Bonchev–Trinajstić information content (AvgIpc) is 3.75. The monoisotopic (exact) mass is 576 g/mol. The number of hydrogen-bond donors (Lipinski definition) is 0. The molecule has 0 N–H and O–H groups in total. The minimum Gasteiger partial charge on any atom is -0.456 e. The van der Waals surface area contributed by atoms with Crippen molar-refractivity contribution < 1.29 is 4.42 Å². The van der Waals surface area contributed by atoms with Crippen molar-refractivity contribution in [2.75, 3.05) is 4.90 Å². The van der Waals surface area contributed by atoms with Crippen molar-refractivity contribution in [1.82, 2.24) is 4.57 Å². The molecule has 0 bridgehead atoms. The molecule has 2 aromatic heterocycles. The molecule has 10 rings (SSSR count). The molecule has 0 amide bonds. The number of para-hydroxylation sites is 3. The first-order valence-corrected chi connectivity index (χ1v) is 15.6. The second kappa shape index (κ2) is 9.35. The lowest BCUT2D eigenvalue weighted by Crippen LogP contribution is -2.28. The fraction of sp³-hybridized carbons (Fsp3) is 0.0476. The van der Waals surface area contributed by atoms with Gasteiger partial charge in [-0.1, -0.05) is 91.0 Å². The van der Waals surface area contributed by atoms with Crippen LogP contribution in [0.4, 0.5) is 11.4 Å². The van der Waals surface area contributed by atoms with E-state index in [1.807, 2.05) is 12.1 Å². The Hall–Kier alpha value is -5.80. The zero-order valence-corrected chi connectivity index (χ0v) is 24.5. The van der Waals surface area contributed by atoms with E-state index in [4.69, 9.17) is 4.42 Å². The normalized spacial score (nSPS) is 17.1. The number of anilines is 2. The number of rotatable bonds is 3. The van der Waals surface area contributed by atoms with Crippen molar-refractivity contribution in [3.05, 3.63) is 163 Å². The third-order valence-electron chi connectivity index (χ3n) is 9.71. The Morgan fingerprint density at radius 3 is 2.16 bits per heavy atom. The van der Waals surface area contributed by atoms with E-state index in [1.54, 1.807) is 0 Å². The highest BCUT2D eigenvalue weighted by molar-refractivity contribution is 6.10. The number of benzene rings is 6. The summed E-state index contributed by atoms with van der Waals surface area (Å²) in [7, 11) is 0. The Bertz CT molecular complexity index is 2510. The summed E-state index contributed by atoms with van der Waals surface area (Å²) < 4.78 is 8.52. The molecule has 0 fully saturated rings. The summed E-state index contributed by atoms with van der Waals surface area (Å²) in [6.07, 6.45) is 9.07. The topological polar surface area (TPSA) is 21.3 Å². The molecule has 6 aromatic carbocycles. The fourth-order valence-electron chi connectivity index (χ4n) is 7.69. The Kier molecular flexibility index (Phi) is 5.11. The van der Waals surface area contributed by atoms with E-state index in [-0.39, 0.29) is 12.0 Å². The average molecular weight is 577 g/mol. The first-order chi connectivity index (χ1) is 22.3. The van der Waals surface area contributed by atoms with Gasteiger partial charge in [-0.15, -0.1) is 0 Å². The van der Waals surface area contributed by atoms with Gasteiger partial charge >= 0.3 is 0 Å². The van der Waals surface area contributed by atoms with E-state index in [9.17, 15) is 0 Å². The van der Waals surface area contributed by atoms with E-state index in [1.165, 1.54) is 55.6 Å². The fourth-order valence-corrected chi connectivity index (χ4v) is 7.69. The second-order valence-corrected chi connectivity index (χ2v) is 12.1. The van der Waals surface area contributed by atoms with Gasteiger partial charge in [-0.2, -0.15) is 0 Å². The molecule has 0 spiro atoms. The summed E-state index contributed by atoms with van der Waals surface area (Å²) in [5, 5.41) is 4.85. The lowest BCUT2D eigenvalue weighted by Gasteiger charge is -2.28. The first kappa shape index (κ1) is 24.6. The van der Waals surface area contributed by atoms with Crippen molar-refractivity contribution in [2.24, 2.45) is 0 Å². The molecule has 1 aliphatic heterocycles. The van der Waals surface area contributed by atoms with E-state index >= 15 is 0 Å². The van der Waals surface area contributed by atoms with E-state index < -0.39 is 0 Å². The van der Waals surface area contributed by atoms with Crippen LogP contribution in [-0.2, 0) is 0 Å². The van der Waals surface area contributed by atoms with Gasteiger partial charge in [0.05, 0.1) is 17.1 Å². The minimum absolute atomic E-state index is 0.224. The summed E-state index contributed by atoms with van der Waals surface area (Å²) >= 11 is 0. The third-order valence-corrected chi connectivity index (χ3v) is 9.71. The van der Waals surface area contributed by atoms with Crippen molar-refractivity contribution in [2.45, 2.75) is 12.0 Å². The highest BCUT2D eigenvalue weighted by atomic mass is 16.3. The van der Waals surface area contributed by atoms with Crippen LogP contribution < -0.4 is 4.90 Å². The molecule has 2 aliphatic rings. The van der Waals surface area contributed by atoms with E-state index in [2.05, 4.69) is 155 Å². The molecule has 3 heterocycles. The number of furan rings is 1. The van der Waals surface area contributed by atoms with Gasteiger partial charge in [0, 0.05) is 44.5 Å². The van der Waals surface area contributed by atoms with Gasteiger partial charge < -0.3 is 13.9 Å². The Morgan fingerprint density at radius 1 is 0.489 bits per heavy atom. The van der Waals surface area contributed by atoms with Crippen LogP contribution in [-0.4, -0.2) is 10.6 Å². The molecule has 2 atom stereocenters. The van der Waals surface area contributed by atoms with Gasteiger partial charge in [0.2, 0.25) is 0 Å². The lowest BCUT2D eigenvalue weighted by molar-refractivity contribution is 0.669. The third kappa shape index (κ3) is 3.58. The first-order valence-electron chi connectivity index (χ1n) is 15.6. The zero-order chi connectivity index (χ0) is 29.5. The SMILES string of the molecule is C1=CC2c3cc(-c4ccc5c(c4)c4ccccc4n5-c4ccccc4)ccc3N(c3ccc4oc5ccccc5c4c3)C2C=C1. The van der Waals surface area contributed by atoms with Gasteiger partial charge in [-0.25, -0.2) is 0 Å². The zero-order valence-electron chi connectivity index (χ0n) is 24.5. The standard InChI is InChI=1S/C42H28N2O/c1-2-10-29(11-3-1)43-37-15-7-4-12-31(37)34-24-27(18-21-39(34)43)28-19-22-40-35(25-28)32-13-5-8-16-38(32)44(40)30-20-23-42-36(26-30)33-14-6-9-17-41(33)45-42/h1-26,32,38H. The van der Waals surface area contributed by atoms with Gasteiger partial charge in [-0.3, -0.25) is 0 Å². The molecular formula is C42H28N2O. The quantitative estimate of drug-likeness (QED) is 0.209. The Balaban J connectivity index is 1.12. The smallest absolute Gasteiger partial charge is 0.135 e. The van der Waals surface area contributed by atoms with Crippen LogP contribution in [0.2, 0.25) is 0 Å². The largest absolute Gasteiger partial charge is 0.456 e. The predicted molar refractivity (Wildman–Crippen MR) is 187 cm³/mol. The van der Waals surface area contributed by atoms with Gasteiger partial charge in [-0.05, 0) is 83.4 Å². The minimum atomic E-state index is 0.224. The maximum absolute atomic E-state index is 6.15. The lowest BCUT2D eigenvalue weighted by atomic mass is 9.89. The second-order valence-electron chi connectivity index (χ2n) is 12.1. The van der Waals surface area contributed by atoms with Crippen molar-refractivity contribution in [1.29, 1.82) is 0 Å². The van der Waals surface area contributed by atoms with E-state index in [0.717, 1.165) is 21.9 Å². The molecule has 212 valence electrons. The molecule has 1 aliphatic carbocycles. The van der Waals surface area contributed by atoms with Crippen molar-refractivity contribution in [3.63, 3.8) is 0 Å². The Labute approximate surface area is 260 Å². The molecule has 0 saturated heterocycles. The molecule has 45 heavy (non-hydrogen) atoms. The maximum atomic E-state index is 6.15. The van der Waals surface area contributed by atoms with Crippen LogP contribution in [0.5, 0.6) is 0 Å². The molecule has 3 heteroatoms. The number of nitrogens with zero attached hydrogens (tertiary/aromatic N) is 2. The number of aromatic nitrogens is 1. The summed E-state index contributed by atoms with van der Waals surface area (Å²) in [6.45, 7) is 0. The highest BCUT2D eigenvalue weighted by Gasteiger charge is 2.37. The molecule has 0 radical (unpaired) electrons. The predicted octanol–water partition coefficient (Wildman–Crippen LogP) is 11.1. The summed E-state index contributed by atoms with van der Waals surface area (Å²) in [4.78, 5) is 2.50. The summed E-state index contributed by atoms with van der Waals surface area (Å²) in [5.74, 6) is 0.283. The van der Waals surface area contributed by atoms with Gasteiger partial charge in [0.25, 0.3) is 0 Å². The van der Waals surface area contributed by atoms with Gasteiger partial charge in [0.1, 0.15) is 11.2 Å².